The van der Waals surface area contributed by atoms with E-state index in [1.165, 1.54) is 0 Å². The maximum Gasteiger partial charge on any atom is 0.239 e. The molecule has 0 bridgehead atoms. The number of aliphatic hydroxyl groups is 2. The highest BCUT2D eigenvalue weighted by atomic mass is 35.5. The summed E-state index contributed by atoms with van der Waals surface area (Å²) in [6, 6.07) is 12.4. The molecular formula is C30H40Cl2N4O4. The largest absolute Gasteiger partial charge is 0.392 e. The molecular weight excluding hydrogens is 551 g/mol. The highest BCUT2D eigenvalue weighted by molar-refractivity contribution is 6.42. The molecule has 1 aliphatic heterocycles. The van der Waals surface area contributed by atoms with Crippen molar-refractivity contribution < 1.29 is 19.8 Å². The number of carbonyl (C=O) groups is 2. The van der Waals surface area contributed by atoms with Gasteiger partial charge in [-0.15, -0.1) is 0 Å². The molecule has 2 aromatic rings. The molecule has 1 saturated heterocycles. The lowest BCUT2D eigenvalue weighted by atomic mass is 10.0. The number of nitrogens with one attached hydrogen (secondary N) is 2. The Morgan fingerprint density at radius 2 is 1.85 bits per heavy atom. The van der Waals surface area contributed by atoms with Crippen molar-refractivity contribution in [3.63, 3.8) is 0 Å². The van der Waals surface area contributed by atoms with Crippen LogP contribution in [0.15, 0.2) is 42.5 Å². The van der Waals surface area contributed by atoms with E-state index in [-0.39, 0.29) is 31.2 Å². The topological polar surface area (TPSA) is 105 Å². The molecule has 40 heavy (non-hydrogen) atoms. The number of halogens is 2. The molecule has 8 nitrogen and oxygen atoms in total. The van der Waals surface area contributed by atoms with Gasteiger partial charge in [0.1, 0.15) is 6.04 Å². The van der Waals surface area contributed by atoms with Crippen LogP contribution in [0.1, 0.15) is 56.3 Å². The first-order chi connectivity index (χ1) is 18.9. The van der Waals surface area contributed by atoms with Crippen molar-refractivity contribution in [3.8, 4) is 0 Å². The Labute approximate surface area is 246 Å². The summed E-state index contributed by atoms with van der Waals surface area (Å²) in [7, 11) is 0. The number of aliphatic hydroxyl groups excluding tert-OH is 2. The summed E-state index contributed by atoms with van der Waals surface area (Å²) in [5.41, 5.74) is 2.60. The Balaban J connectivity index is 1.33. The van der Waals surface area contributed by atoms with Crippen LogP contribution in [0.2, 0.25) is 10.0 Å². The zero-order chi connectivity index (χ0) is 29.0. The number of amides is 2. The van der Waals surface area contributed by atoms with Gasteiger partial charge in [-0.2, -0.15) is 0 Å². The second kappa shape index (κ2) is 13.2. The molecule has 0 aromatic heterocycles. The van der Waals surface area contributed by atoms with Crippen LogP contribution in [0.3, 0.4) is 0 Å². The van der Waals surface area contributed by atoms with Crippen molar-refractivity contribution in [3.05, 3.63) is 69.2 Å². The zero-order valence-electron chi connectivity index (χ0n) is 23.4. The first-order valence-corrected chi connectivity index (χ1v) is 14.6. The van der Waals surface area contributed by atoms with Gasteiger partial charge in [0.15, 0.2) is 0 Å². The van der Waals surface area contributed by atoms with Gasteiger partial charge in [-0.25, -0.2) is 0 Å². The lowest BCUT2D eigenvalue weighted by molar-refractivity contribution is -0.131. The van der Waals surface area contributed by atoms with Crippen molar-refractivity contribution in [2.45, 2.75) is 76.4 Å². The fourth-order valence-electron chi connectivity index (χ4n) is 5.49. The molecule has 1 aliphatic carbocycles. The van der Waals surface area contributed by atoms with E-state index < -0.39 is 29.8 Å². The van der Waals surface area contributed by atoms with E-state index in [0.29, 0.717) is 42.6 Å². The SMILES string of the molecule is CC(C)(C)NC(=O)[C@@H]1CN(Cc2ccc(Cl)c(Cl)c2)CCN1C[C@@H](O)CCC(=O)N[C@H]1c2ccccc2C[C@H]1O. The van der Waals surface area contributed by atoms with Crippen molar-refractivity contribution >= 4 is 35.0 Å². The number of fused-ring (bicyclic) bond motifs is 1. The summed E-state index contributed by atoms with van der Waals surface area (Å²) in [5.74, 6) is -0.307. The zero-order valence-corrected chi connectivity index (χ0v) is 24.9. The van der Waals surface area contributed by atoms with Gasteiger partial charge in [0.25, 0.3) is 0 Å². The van der Waals surface area contributed by atoms with E-state index in [2.05, 4.69) is 15.5 Å². The number of β-amino-alcohol motifs (C(OH)–C–C–N with tert-alkyl or cyclic N) is 1. The summed E-state index contributed by atoms with van der Waals surface area (Å²) < 4.78 is 0. The molecule has 1 heterocycles. The first kappa shape index (κ1) is 30.8. The second-order valence-electron chi connectivity index (χ2n) is 11.9. The molecule has 4 rings (SSSR count). The third-order valence-corrected chi connectivity index (χ3v) is 8.18. The number of piperazine rings is 1. The summed E-state index contributed by atoms with van der Waals surface area (Å²) in [6.07, 6.45) is -0.541. The van der Waals surface area contributed by atoms with E-state index >= 15 is 0 Å². The Morgan fingerprint density at radius 3 is 2.58 bits per heavy atom. The average Bonchev–Trinajstić information content (AvgIpc) is 3.19. The highest BCUT2D eigenvalue weighted by Crippen LogP contribution is 2.31. The van der Waals surface area contributed by atoms with Crippen LogP contribution in [0.4, 0.5) is 0 Å². The predicted octanol–water partition coefficient (Wildman–Crippen LogP) is 3.31. The van der Waals surface area contributed by atoms with Gasteiger partial charge in [0.05, 0.1) is 28.3 Å². The van der Waals surface area contributed by atoms with Crippen LogP contribution in [0.5, 0.6) is 0 Å². The monoisotopic (exact) mass is 590 g/mol. The fourth-order valence-corrected chi connectivity index (χ4v) is 5.81. The highest BCUT2D eigenvalue weighted by Gasteiger charge is 2.35. The second-order valence-corrected chi connectivity index (χ2v) is 12.8. The van der Waals surface area contributed by atoms with Gasteiger partial charge in [-0.1, -0.05) is 53.5 Å². The molecule has 218 valence electrons. The van der Waals surface area contributed by atoms with E-state index in [4.69, 9.17) is 23.2 Å². The van der Waals surface area contributed by atoms with E-state index in [9.17, 15) is 19.8 Å². The summed E-state index contributed by atoms with van der Waals surface area (Å²) in [6.45, 7) is 8.54. The maximum atomic E-state index is 13.3. The molecule has 1 fully saturated rings. The number of rotatable bonds is 9. The molecule has 0 radical (unpaired) electrons. The van der Waals surface area contributed by atoms with Gasteiger partial charge >= 0.3 is 0 Å². The van der Waals surface area contributed by atoms with Crippen LogP contribution in [-0.4, -0.2) is 81.8 Å². The lowest BCUT2D eigenvalue weighted by Gasteiger charge is -2.42. The molecule has 4 N–H and O–H groups in total. The number of hydrogen-bond acceptors (Lipinski definition) is 6. The van der Waals surface area contributed by atoms with Gasteiger partial charge in [0, 0.05) is 51.1 Å². The van der Waals surface area contributed by atoms with Crippen LogP contribution < -0.4 is 10.6 Å². The smallest absolute Gasteiger partial charge is 0.239 e. The Morgan fingerprint density at radius 1 is 1.10 bits per heavy atom. The van der Waals surface area contributed by atoms with Crippen molar-refractivity contribution in [2.75, 3.05) is 26.2 Å². The van der Waals surface area contributed by atoms with Crippen LogP contribution in [-0.2, 0) is 22.6 Å². The fraction of sp³-hybridized carbons (Fsp3) is 0.533. The predicted molar refractivity (Wildman–Crippen MR) is 157 cm³/mol. The van der Waals surface area contributed by atoms with Crippen molar-refractivity contribution in [1.82, 2.24) is 20.4 Å². The third kappa shape index (κ3) is 8.18. The van der Waals surface area contributed by atoms with Crippen molar-refractivity contribution in [2.24, 2.45) is 0 Å². The van der Waals surface area contributed by atoms with E-state index in [1.807, 2.05) is 62.1 Å². The summed E-state index contributed by atoms with van der Waals surface area (Å²) in [5, 5.41) is 28.3. The minimum absolute atomic E-state index is 0.0924. The molecule has 0 unspecified atom stereocenters. The molecule has 2 aliphatic rings. The Bertz CT molecular complexity index is 1200. The Kier molecular flexibility index (Phi) is 10.1. The first-order valence-electron chi connectivity index (χ1n) is 13.9. The van der Waals surface area contributed by atoms with E-state index in [0.717, 1.165) is 16.7 Å². The summed E-state index contributed by atoms with van der Waals surface area (Å²) >= 11 is 12.3. The third-order valence-electron chi connectivity index (χ3n) is 7.44. The molecule has 2 aromatic carbocycles. The minimum atomic E-state index is -0.780. The normalized spacial score (nSPS) is 22.5. The minimum Gasteiger partial charge on any atom is -0.392 e. The number of nitrogens with zero attached hydrogens (tertiary/aromatic N) is 2. The molecule has 0 spiro atoms. The van der Waals surface area contributed by atoms with Crippen LogP contribution in [0.25, 0.3) is 0 Å². The number of hydrogen-bond donors (Lipinski definition) is 4. The van der Waals surface area contributed by atoms with Gasteiger partial charge in [0.2, 0.25) is 11.8 Å². The lowest BCUT2D eigenvalue weighted by Crippen LogP contribution is -2.61. The van der Waals surface area contributed by atoms with Gasteiger partial charge in [-0.05, 0) is 56.0 Å². The van der Waals surface area contributed by atoms with Crippen LogP contribution in [0, 0.1) is 0 Å². The van der Waals surface area contributed by atoms with Crippen molar-refractivity contribution in [1.29, 1.82) is 0 Å². The number of benzene rings is 2. The quantitative estimate of drug-likeness (QED) is 0.357. The van der Waals surface area contributed by atoms with E-state index in [1.54, 1.807) is 6.07 Å². The molecule has 4 atom stereocenters. The maximum absolute atomic E-state index is 13.3. The van der Waals surface area contributed by atoms with Gasteiger partial charge in [-0.3, -0.25) is 19.4 Å². The standard InChI is InChI=1S/C30H40Cl2N4O4/c1-30(2,3)34-29(40)25-18-35(16-19-8-10-23(31)24(32)14-19)12-13-36(25)17-21(37)9-11-27(39)33-28-22-7-5-4-6-20(22)15-26(28)38/h4-8,10,14,21,25-26,28,37-38H,9,11-13,15-18H2,1-3H3,(H,33,39)(H,34,40)/t21-,25-,26+,28-/m0/s1. The average molecular weight is 592 g/mol. The summed E-state index contributed by atoms with van der Waals surface area (Å²) in [4.78, 5) is 30.2. The van der Waals surface area contributed by atoms with Crippen LogP contribution >= 0.6 is 23.2 Å². The number of carbonyl (C=O) groups excluding carboxylic acids is 2. The Hall–Kier alpha value is -2.20. The molecule has 0 saturated carbocycles. The van der Waals surface area contributed by atoms with Gasteiger partial charge < -0.3 is 20.8 Å². The molecule has 2 amide bonds. The molecule has 10 heteroatoms.